The van der Waals surface area contributed by atoms with Crippen LogP contribution < -0.4 is 19.9 Å². The standard InChI is InChI=1S/C27H30N2O6S/c1-5-34-24-10-8-7-9-20(24)18-11-13-22-21(15-18)28-27(30)29(22)23(17-36(4,31)32)19-12-14-25(33-3)26(16-19)35-6-2/h7-16,23H,5-6,17H2,1-4H3,(H,28,30)/t23-/m1/s1. The Labute approximate surface area is 210 Å². The molecular weight excluding hydrogens is 480 g/mol. The molecule has 0 amide bonds. The van der Waals surface area contributed by atoms with Crippen LogP contribution in [0.15, 0.2) is 65.5 Å². The van der Waals surface area contributed by atoms with Gasteiger partial charge in [-0.05, 0) is 55.3 Å². The van der Waals surface area contributed by atoms with Crippen molar-refractivity contribution in [3.05, 3.63) is 76.7 Å². The zero-order chi connectivity index (χ0) is 25.9. The molecule has 0 saturated carbocycles. The van der Waals surface area contributed by atoms with Gasteiger partial charge in [-0.25, -0.2) is 13.2 Å². The van der Waals surface area contributed by atoms with E-state index in [-0.39, 0.29) is 5.75 Å². The number of sulfone groups is 1. The van der Waals surface area contributed by atoms with E-state index in [1.165, 1.54) is 11.7 Å². The van der Waals surface area contributed by atoms with E-state index in [2.05, 4.69) is 4.98 Å². The third kappa shape index (κ3) is 5.26. The highest BCUT2D eigenvalue weighted by Gasteiger charge is 2.25. The Morgan fingerprint density at radius 1 is 0.917 bits per heavy atom. The van der Waals surface area contributed by atoms with E-state index in [0.717, 1.165) is 23.1 Å². The predicted octanol–water partition coefficient (Wildman–Crippen LogP) is 4.44. The van der Waals surface area contributed by atoms with E-state index in [1.807, 2.05) is 56.3 Å². The topological polar surface area (TPSA) is 99.6 Å². The van der Waals surface area contributed by atoms with E-state index >= 15 is 0 Å². The Morgan fingerprint density at radius 3 is 2.33 bits per heavy atom. The summed E-state index contributed by atoms with van der Waals surface area (Å²) in [5.74, 6) is 1.51. The van der Waals surface area contributed by atoms with Gasteiger partial charge in [-0.15, -0.1) is 0 Å². The molecule has 0 radical (unpaired) electrons. The molecule has 0 aliphatic rings. The van der Waals surface area contributed by atoms with Gasteiger partial charge in [0.15, 0.2) is 11.5 Å². The number of fused-ring (bicyclic) bond motifs is 1. The van der Waals surface area contributed by atoms with Crippen LogP contribution in [0.5, 0.6) is 17.2 Å². The molecule has 1 heterocycles. The van der Waals surface area contributed by atoms with E-state index in [1.54, 1.807) is 18.2 Å². The monoisotopic (exact) mass is 510 g/mol. The molecular formula is C27H30N2O6S. The predicted molar refractivity (Wildman–Crippen MR) is 141 cm³/mol. The molecule has 36 heavy (non-hydrogen) atoms. The summed E-state index contributed by atoms with van der Waals surface area (Å²) in [5.41, 5.74) is 3.20. The van der Waals surface area contributed by atoms with Crippen LogP contribution in [0, 0.1) is 0 Å². The van der Waals surface area contributed by atoms with Gasteiger partial charge < -0.3 is 19.2 Å². The highest BCUT2D eigenvalue weighted by molar-refractivity contribution is 7.90. The maximum atomic E-state index is 13.2. The number of benzene rings is 3. The normalized spacial score (nSPS) is 12.4. The van der Waals surface area contributed by atoms with Crippen molar-refractivity contribution in [3.8, 4) is 28.4 Å². The number of para-hydroxylation sites is 1. The number of H-pyrrole nitrogens is 1. The molecule has 4 rings (SSSR count). The van der Waals surface area contributed by atoms with Gasteiger partial charge in [0.05, 0.1) is 43.2 Å². The highest BCUT2D eigenvalue weighted by Crippen LogP contribution is 2.35. The molecule has 0 bridgehead atoms. The lowest BCUT2D eigenvalue weighted by atomic mass is 10.0. The minimum Gasteiger partial charge on any atom is -0.493 e. The third-order valence-corrected chi connectivity index (χ3v) is 6.78. The number of nitrogens with zero attached hydrogens (tertiary/aromatic N) is 1. The molecule has 0 unspecified atom stereocenters. The summed E-state index contributed by atoms with van der Waals surface area (Å²) in [5, 5.41) is 0. The minimum atomic E-state index is -3.45. The van der Waals surface area contributed by atoms with Crippen LogP contribution in [0.1, 0.15) is 25.5 Å². The third-order valence-electron chi connectivity index (χ3n) is 5.86. The van der Waals surface area contributed by atoms with Crippen molar-refractivity contribution in [2.24, 2.45) is 0 Å². The molecule has 4 aromatic rings. The molecule has 190 valence electrons. The fourth-order valence-electron chi connectivity index (χ4n) is 4.37. The molecule has 0 fully saturated rings. The van der Waals surface area contributed by atoms with Crippen molar-refractivity contribution in [2.45, 2.75) is 19.9 Å². The van der Waals surface area contributed by atoms with Crippen LogP contribution >= 0.6 is 0 Å². The Kier molecular flexibility index (Phi) is 7.40. The van der Waals surface area contributed by atoms with Crippen LogP contribution in [-0.4, -0.2) is 50.3 Å². The van der Waals surface area contributed by atoms with Crippen LogP contribution in [0.3, 0.4) is 0 Å². The Bertz CT molecular complexity index is 1540. The fraction of sp³-hybridized carbons (Fsp3) is 0.296. The molecule has 8 nitrogen and oxygen atoms in total. The summed E-state index contributed by atoms with van der Waals surface area (Å²) in [6.45, 7) is 4.72. The first-order valence-electron chi connectivity index (χ1n) is 11.7. The van der Waals surface area contributed by atoms with Crippen molar-refractivity contribution < 1.29 is 22.6 Å². The average molecular weight is 511 g/mol. The quantitative estimate of drug-likeness (QED) is 0.339. The molecule has 1 N–H and O–H groups in total. The van der Waals surface area contributed by atoms with Crippen molar-refractivity contribution in [2.75, 3.05) is 32.3 Å². The van der Waals surface area contributed by atoms with E-state index in [9.17, 15) is 13.2 Å². The lowest BCUT2D eigenvalue weighted by Crippen LogP contribution is -2.28. The van der Waals surface area contributed by atoms with Crippen molar-refractivity contribution in [3.63, 3.8) is 0 Å². The molecule has 0 spiro atoms. The van der Waals surface area contributed by atoms with E-state index in [4.69, 9.17) is 14.2 Å². The first kappa shape index (κ1) is 25.4. The summed E-state index contributed by atoms with van der Waals surface area (Å²) >= 11 is 0. The lowest BCUT2D eigenvalue weighted by molar-refractivity contribution is 0.310. The number of methoxy groups -OCH3 is 1. The second-order valence-electron chi connectivity index (χ2n) is 8.41. The summed E-state index contributed by atoms with van der Waals surface area (Å²) in [4.78, 5) is 16.1. The average Bonchev–Trinajstić information content (AvgIpc) is 3.17. The zero-order valence-electron chi connectivity index (χ0n) is 20.8. The van der Waals surface area contributed by atoms with Gasteiger partial charge >= 0.3 is 5.69 Å². The molecule has 1 atom stereocenters. The van der Waals surface area contributed by atoms with Crippen molar-refractivity contribution >= 4 is 20.9 Å². The Morgan fingerprint density at radius 2 is 1.64 bits per heavy atom. The summed E-state index contributed by atoms with van der Waals surface area (Å²) in [7, 11) is -1.91. The number of hydrogen-bond donors (Lipinski definition) is 1. The molecule has 0 aliphatic carbocycles. The molecule has 0 saturated heterocycles. The Hall–Kier alpha value is -3.72. The second kappa shape index (κ2) is 10.5. The fourth-order valence-corrected chi connectivity index (χ4v) is 5.29. The lowest BCUT2D eigenvalue weighted by Gasteiger charge is -2.20. The molecule has 0 aliphatic heterocycles. The van der Waals surface area contributed by atoms with E-state index in [0.29, 0.717) is 41.3 Å². The Balaban J connectivity index is 1.87. The SMILES string of the molecule is CCOc1cc([C@@H](CS(C)(=O)=O)n2c(=O)[nH]c3cc(-c4ccccc4OCC)ccc32)ccc1OC. The van der Waals surface area contributed by atoms with Gasteiger partial charge in [-0.2, -0.15) is 0 Å². The van der Waals surface area contributed by atoms with Gasteiger partial charge in [0.25, 0.3) is 0 Å². The maximum absolute atomic E-state index is 13.2. The second-order valence-corrected chi connectivity index (χ2v) is 10.6. The summed E-state index contributed by atoms with van der Waals surface area (Å²) in [6, 6.07) is 17.7. The number of hydrogen-bond acceptors (Lipinski definition) is 6. The smallest absolute Gasteiger partial charge is 0.327 e. The summed E-state index contributed by atoms with van der Waals surface area (Å²) in [6.07, 6.45) is 1.16. The minimum absolute atomic E-state index is 0.257. The molecule has 9 heteroatoms. The van der Waals surface area contributed by atoms with E-state index < -0.39 is 21.6 Å². The number of aromatic nitrogens is 2. The maximum Gasteiger partial charge on any atom is 0.327 e. The van der Waals surface area contributed by atoms with Crippen molar-refractivity contribution in [1.82, 2.24) is 9.55 Å². The first-order valence-corrected chi connectivity index (χ1v) is 13.8. The molecule has 3 aromatic carbocycles. The van der Waals surface area contributed by atoms with Crippen LogP contribution in [0.25, 0.3) is 22.2 Å². The van der Waals surface area contributed by atoms with Gasteiger partial charge in [-0.3, -0.25) is 4.57 Å². The number of imidazole rings is 1. The van der Waals surface area contributed by atoms with Gasteiger partial charge in [0.1, 0.15) is 15.6 Å². The van der Waals surface area contributed by atoms with Gasteiger partial charge in [0, 0.05) is 11.8 Å². The van der Waals surface area contributed by atoms with Crippen LogP contribution in [0.4, 0.5) is 0 Å². The zero-order valence-corrected chi connectivity index (χ0v) is 21.6. The van der Waals surface area contributed by atoms with Crippen molar-refractivity contribution in [1.29, 1.82) is 0 Å². The van der Waals surface area contributed by atoms with Crippen LogP contribution in [-0.2, 0) is 9.84 Å². The first-order chi connectivity index (χ1) is 17.3. The largest absolute Gasteiger partial charge is 0.493 e. The number of aromatic amines is 1. The van der Waals surface area contributed by atoms with Gasteiger partial charge in [0.2, 0.25) is 0 Å². The molecule has 1 aromatic heterocycles. The number of ether oxygens (including phenoxy) is 3. The number of rotatable bonds is 10. The number of nitrogens with one attached hydrogen (secondary N) is 1. The highest BCUT2D eigenvalue weighted by atomic mass is 32.2. The van der Waals surface area contributed by atoms with Crippen LogP contribution in [0.2, 0.25) is 0 Å². The van der Waals surface area contributed by atoms with Gasteiger partial charge in [-0.1, -0.05) is 30.3 Å². The summed E-state index contributed by atoms with van der Waals surface area (Å²) < 4.78 is 43.2.